The highest BCUT2D eigenvalue weighted by atomic mass is 32.1. The Labute approximate surface area is 344 Å². The van der Waals surface area contributed by atoms with Crippen LogP contribution in [0.5, 0.6) is 11.5 Å². The summed E-state index contributed by atoms with van der Waals surface area (Å²) in [5.74, 6) is 0.750. The fourth-order valence-corrected chi connectivity index (χ4v) is 6.68. The first-order valence-electron chi connectivity index (χ1n) is 19.4. The third-order valence-corrected chi connectivity index (χ3v) is 9.87. The normalized spacial score (nSPS) is 12.1. The van der Waals surface area contributed by atoms with Gasteiger partial charge < -0.3 is 43.3 Å². The number of nitrogens with zero attached hydrogens (tertiary/aromatic N) is 4. The van der Waals surface area contributed by atoms with Gasteiger partial charge in [-0.05, 0) is 74.9 Å². The topological polar surface area (TPSA) is 115 Å². The van der Waals surface area contributed by atoms with Crippen molar-refractivity contribution in [3.63, 3.8) is 0 Å². The van der Waals surface area contributed by atoms with Gasteiger partial charge in [0.2, 0.25) is 5.36 Å². The quantitative estimate of drug-likeness (QED) is 0.0513. The van der Waals surface area contributed by atoms with E-state index in [0.29, 0.717) is 44.5 Å². The van der Waals surface area contributed by atoms with Gasteiger partial charge in [-0.15, -0.1) is 11.3 Å². The largest absolute Gasteiger partial charge is 0.491 e. The second-order valence-corrected chi connectivity index (χ2v) is 16.0. The van der Waals surface area contributed by atoms with E-state index in [-0.39, 0.29) is 38.7 Å². The summed E-state index contributed by atoms with van der Waals surface area (Å²) in [4.78, 5) is 22.6. The number of fused-ring (bicyclic) bond motifs is 2. The molecule has 0 spiro atoms. The lowest BCUT2D eigenvalue weighted by Gasteiger charge is -2.29. The molecule has 3 aromatic carbocycles. The number of likely N-dealkylation sites (N-methyl/N-ethyl adjacent to an activating group) is 1. The van der Waals surface area contributed by atoms with Crippen molar-refractivity contribution in [2.45, 2.75) is 39.1 Å². The number of carbonyl (C=O) groups is 1. The average molecular weight is 820 g/mol. The second kappa shape index (κ2) is 21.8. The van der Waals surface area contributed by atoms with Crippen LogP contribution in [0.15, 0.2) is 84.9 Å². The van der Waals surface area contributed by atoms with E-state index in [4.69, 9.17) is 33.4 Å². The zero-order valence-corrected chi connectivity index (χ0v) is 35.1. The molecule has 0 saturated heterocycles. The lowest BCUT2D eigenvalue weighted by Crippen LogP contribution is -2.44. The fraction of sp³-hybridized carbons (Fsp3) is 0.432. The van der Waals surface area contributed by atoms with Crippen molar-refractivity contribution in [2.75, 3.05) is 91.9 Å². The molecule has 1 atom stereocenters. The van der Waals surface area contributed by atoms with Crippen LogP contribution in [0, 0.1) is 5.82 Å². The predicted molar refractivity (Wildman–Crippen MR) is 226 cm³/mol. The Kier molecular flexibility index (Phi) is 16.6. The number of benzene rings is 4. The maximum Gasteiger partial charge on any atom is 0.410 e. The number of halogens is 1. The van der Waals surface area contributed by atoms with Crippen LogP contribution in [0.3, 0.4) is 0 Å². The highest BCUT2D eigenvalue weighted by molar-refractivity contribution is 7.21. The molecule has 1 N–H and O–H groups in total. The summed E-state index contributed by atoms with van der Waals surface area (Å²) in [6.07, 6.45) is -1.56. The summed E-state index contributed by atoms with van der Waals surface area (Å²) in [7, 11) is 6.13. The number of aromatic nitrogens is 1. The van der Waals surface area contributed by atoms with E-state index in [1.807, 2.05) is 14.1 Å². The molecule has 58 heavy (non-hydrogen) atoms. The summed E-state index contributed by atoms with van der Waals surface area (Å²) in [5.41, 5.74) is 3.20. The molecule has 1 unspecified atom stereocenters. The third-order valence-electron chi connectivity index (χ3n) is 8.77. The van der Waals surface area contributed by atoms with Crippen LogP contribution in [-0.2, 0) is 25.6 Å². The highest BCUT2D eigenvalue weighted by Gasteiger charge is 2.24. The Morgan fingerprint density at radius 3 is 2.21 bits per heavy atom. The van der Waals surface area contributed by atoms with Crippen LogP contribution in [0.1, 0.15) is 26.3 Å². The minimum Gasteiger partial charge on any atom is -0.491 e. The average Bonchev–Trinajstić information content (AvgIpc) is 3.19. The van der Waals surface area contributed by atoms with Crippen molar-refractivity contribution in [3.05, 3.63) is 102 Å². The highest BCUT2D eigenvalue weighted by Crippen LogP contribution is 2.31. The van der Waals surface area contributed by atoms with Gasteiger partial charge in [-0.2, -0.15) is 0 Å². The van der Waals surface area contributed by atoms with Crippen LogP contribution >= 0.6 is 11.3 Å². The van der Waals surface area contributed by atoms with Gasteiger partial charge in [0, 0.05) is 44.0 Å². The van der Waals surface area contributed by atoms with E-state index in [0.717, 1.165) is 43.9 Å². The Morgan fingerprint density at radius 1 is 0.845 bits per heavy atom. The van der Waals surface area contributed by atoms with Gasteiger partial charge in [0.05, 0.1) is 67.0 Å². The third kappa shape index (κ3) is 14.5. The molecular formula is C44H56FN4O8S+. The number of anilines is 1. The summed E-state index contributed by atoms with van der Waals surface area (Å²) in [6, 6.07) is 25.8. The Morgan fingerprint density at radius 2 is 1.52 bits per heavy atom. The van der Waals surface area contributed by atoms with E-state index in [1.165, 1.54) is 17.0 Å². The zero-order chi connectivity index (χ0) is 41.5. The molecule has 5 rings (SSSR count). The van der Waals surface area contributed by atoms with Gasteiger partial charge in [-0.25, -0.2) is 18.7 Å². The van der Waals surface area contributed by atoms with E-state index >= 15 is 0 Å². The fourth-order valence-electron chi connectivity index (χ4n) is 5.65. The zero-order valence-electron chi connectivity index (χ0n) is 34.3. The van der Waals surface area contributed by atoms with E-state index in [2.05, 4.69) is 52.9 Å². The molecule has 14 heteroatoms. The number of hydrogen-bond acceptors (Lipinski definition) is 11. The number of amides is 1. The summed E-state index contributed by atoms with van der Waals surface area (Å²) in [5, 5.41) is 11.9. The molecule has 0 saturated carbocycles. The molecule has 1 amide bonds. The standard InChI is InChI=1S/C44H56FN4O8S/c1-44(2,3)57-43(51)49(29-36(50)31-56-38-9-7-8-37(28-38)55-30-32-10-12-33(45)13-11-32)19-21-53-23-25-54-24-22-52-20-18-48(6)35-15-17-40-42(27-35)58-41-26-34(47(4)5)14-16-39(41)46-40/h7-17,26-28,36,50H,18-25,29-31H2,1-6H3/q+1. The van der Waals surface area contributed by atoms with E-state index < -0.39 is 17.8 Å². The lowest BCUT2D eigenvalue weighted by molar-refractivity contribution is -0.00780. The second-order valence-electron chi connectivity index (χ2n) is 15.0. The van der Waals surface area contributed by atoms with Gasteiger partial charge in [0.1, 0.15) is 56.3 Å². The first kappa shape index (κ1) is 44.2. The van der Waals surface area contributed by atoms with Gasteiger partial charge in [0.25, 0.3) is 0 Å². The van der Waals surface area contributed by atoms with Gasteiger partial charge >= 0.3 is 6.09 Å². The minimum absolute atomic E-state index is 0.0182. The Hall–Kier alpha value is -4.86. The lowest BCUT2D eigenvalue weighted by atomic mass is 10.2. The number of ether oxygens (including phenoxy) is 6. The molecule has 0 radical (unpaired) electrons. The van der Waals surface area contributed by atoms with Crippen molar-refractivity contribution in [3.8, 4) is 22.1 Å². The number of aliphatic hydroxyl groups is 1. The van der Waals surface area contributed by atoms with Crippen LogP contribution in [0.2, 0.25) is 0 Å². The Balaban J connectivity index is 0.963. The van der Waals surface area contributed by atoms with Crippen LogP contribution in [-0.4, -0.2) is 120 Å². The maximum absolute atomic E-state index is 13.2. The molecule has 0 fully saturated rings. The van der Waals surface area contributed by atoms with Gasteiger partial charge in [-0.3, -0.25) is 0 Å². The molecule has 3 aromatic rings. The van der Waals surface area contributed by atoms with E-state index in [1.54, 1.807) is 68.5 Å². The molecule has 12 nitrogen and oxygen atoms in total. The van der Waals surface area contributed by atoms with Gasteiger partial charge in [-0.1, -0.05) is 18.2 Å². The first-order valence-corrected chi connectivity index (χ1v) is 20.2. The maximum atomic E-state index is 13.2. The number of aliphatic hydroxyl groups excluding tert-OH is 1. The molecule has 1 aliphatic heterocycles. The van der Waals surface area contributed by atoms with Crippen LogP contribution < -0.4 is 24.3 Å². The SMILES string of the molecule is CN(CCOCCOCCOCCN(CC(O)COc1cccc(OCc2ccc(F)cc2)c1)C(=O)OC(C)(C)C)c1ccc2nc3ccc(=[N+](C)C)cc-3sc2c1. The summed E-state index contributed by atoms with van der Waals surface area (Å²) >= 11 is 1.75. The molecule has 1 heterocycles. The van der Waals surface area contributed by atoms with Crippen molar-refractivity contribution in [2.24, 2.45) is 0 Å². The molecular weight excluding hydrogens is 764 g/mol. The summed E-state index contributed by atoms with van der Waals surface area (Å²) in [6.45, 7) is 8.84. The van der Waals surface area contributed by atoms with Crippen molar-refractivity contribution >= 4 is 33.3 Å². The monoisotopic (exact) mass is 819 g/mol. The van der Waals surface area contributed by atoms with E-state index in [9.17, 15) is 14.3 Å². The van der Waals surface area contributed by atoms with Crippen molar-refractivity contribution in [1.29, 1.82) is 0 Å². The van der Waals surface area contributed by atoms with Crippen LogP contribution in [0.4, 0.5) is 14.9 Å². The molecule has 2 aliphatic rings. The molecule has 0 bridgehead atoms. The van der Waals surface area contributed by atoms with Gasteiger partial charge in [0.15, 0.2) is 0 Å². The number of hydrogen-bond donors (Lipinski definition) is 1. The number of carbonyl (C=O) groups excluding carboxylic acids is 1. The first-order chi connectivity index (χ1) is 27.8. The number of rotatable bonds is 21. The molecule has 312 valence electrons. The smallest absolute Gasteiger partial charge is 0.410 e. The van der Waals surface area contributed by atoms with Crippen molar-refractivity contribution in [1.82, 2.24) is 14.5 Å². The summed E-state index contributed by atoms with van der Waals surface area (Å²) < 4.78 is 50.8. The predicted octanol–water partition coefficient (Wildman–Crippen LogP) is 6.31. The minimum atomic E-state index is -0.998. The van der Waals surface area contributed by atoms with Crippen LogP contribution in [0.25, 0.3) is 20.8 Å². The molecule has 0 aromatic heterocycles. The molecule has 1 aliphatic carbocycles. The Bertz CT molecular complexity index is 2090. The van der Waals surface area contributed by atoms with Crippen molar-refractivity contribution < 1.29 is 42.7 Å².